The molecule has 0 radical (unpaired) electrons. The van der Waals surface area contributed by atoms with Crippen LogP contribution in [0.3, 0.4) is 0 Å². The maximum Gasteiger partial charge on any atom is 0.325 e. The Hall–Kier alpha value is -5.53. The number of ether oxygens (including phenoxy) is 2. The minimum Gasteiger partial charge on any atom is -0.456 e. The third-order valence-corrected chi connectivity index (χ3v) is 15.7. The van der Waals surface area contributed by atoms with E-state index < -0.39 is 95.3 Å². The molecule has 0 aliphatic carbocycles. The fourth-order valence-electron chi connectivity index (χ4n) is 10.3. The van der Waals surface area contributed by atoms with E-state index in [1.165, 1.54) is 30.1 Å². The van der Waals surface area contributed by atoms with Crippen LogP contribution in [0.2, 0.25) is 0 Å². The maximum atomic E-state index is 14.5. The highest BCUT2D eigenvalue weighted by Crippen LogP contribution is 2.39. The number of carbonyl (C=O) groups is 6. The van der Waals surface area contributed by atoms with E-state index in [4.69, 9.17) is 9.47 Å². The van der Waals surface area contributed by atoms with Crippen LogP contribution in [0.4, 0.5) is 0 Å². The number of ketones is 1. The molecule has 18 nitrogen and oxygen atoms in total. The van der Waals surface area contributed by atoms with E-state index in [2.05, 4.69) is 46.3 Å². The zero-order valence-electron chi connectivity index (χ0n) is 46.0. The Kier molecular flexibility index (Phi) is 23.2. The van der Waals surface area contributed by atoms with Crippen LogP contribution in [0.5, 0.6) is 0 Å². The van der Waals surface area contributed by atoms with Crippen molar-refractivity contribution in [1.82, 2.24) is 31.4 Å². The van der Waals surface area contributed by atoms with Gasteiger partial charge in [-0.1, -0.05) is 103 Å². The second-order valence-electron chi connectivity index (χ2n) is 22.1. The fourth-order valence-corrected chi connectivity index (χ4v) is 10.3. The highest BCUT2D eigenvalue weighted by Gasteiger charge is 2.48. The quantitative estimate of drug-likeness (QED) is 0.0658. The summed E-state index contributed by atoms with van der Waals surface area (Å²) in [6.45, 7) is 16.6. The van der Waals surface area contributed by atoms with Gasteiger partial charge in [-0.3, -0.25) is 33.8 Å². The third-order valence-electron chi connectivity index (χ3n) is 15.7. The molecule has 8 N–H and O–H groups in total. The number of carbonyl (C=O) groups excluding carboxylic acids is 6. The topological polar surface area (TPSA) is 266 Å². The second kappa shape index (κ2) is 28.7. The highest BCUT2D eigenvalue weighted by molar-refractivity contribution is 5.93. The van der Waals surface area contributed by atoms with Crippen LogP contribution in [0, 0.1) is 41.4 Å². The minimum atomic E-state index is -1.44. The number of rotatable bonds is 15. The molecule has 5 rings (SSSR count). The first-order chi connectivity index (χ1) is 36.0. The predicted octanol–water partition coefficient (Wildman–Crippen LogP) is 4.95. The number of hydrogen-bond donors (Lipinski definition) is 8. The van der Waals surface area contributed by atoms with Crippen LogP contribution in [-0.2, 0) is 44.7 Å². The molecule has 420 valence electrons. The molecule has 0 saturated carbocycles. The van der Waals surface area contributed by atoms with Gasteiger partial charge in [0.15, 0.2) is 5.72 Å². The number of cyclic esters (lactones) is 1. The number of aliphatic hydroxyl groups is 3. The summed E-state index contributed by atoms with van der Waals surface area (Å²) in [6.07, 6.45) is 16.0. The van der Waals surface area contributed by atoms with Crippen molar-refractivity contribution in [3.63, 3.8) is 0 Å². The van der Waals surface area contributed by atoms with Crippen LogP contribution < -0.4 is 26.9 Å². The summed E-state index contributed by atoms with van der Waals surface area (Å²) in [5.74, 6) is -5.41. The zero-order valence-corrected chi connectivity index (χ0v) is 46.0. The number of nitrogens with zero attached hydrogens (tertiary/aromatic N) is 1. The fraction of sp³-hybridized carbons (Fsp3) is 0.638. The summed E-state index contributed by atoms with van der Waals surface area (Å²) in [6, 6.07) is 1.01. The molecule has 15 atom stereocenters. The lowest BCUT2D eigenvalue weighted by atomic mass is 9.78. The molecule has 1 aromatic heterocycles. The number of aliphatic hydroxyl groups excluding tert-OH is 3. The summed E-state index contributed by atoms with van der Waals surface area (Å²) in [5, 5.41) is 44.1. The molecule has 4 aliphatic heterocycles. The molecule has 5 heterocycles. The molecule has 1 unspecified atom stereocenters. The van der Waals surface area contributed by atoms with Gasteiger partial charge in [-0.2, -0.15) is 0 Å². The number of hydrazine groups is 1. The Morgan fingerprint density at radius 3 is 2.42 bits per heavy atom. The lowest BCUT2D eigenvalue weighted by Crippen LogP contribution is -2.62. The summed E-state index contributed by atoms with van der Waals surface area (Å²) < 4.78 is 12.8. The molecule has 18 heteroatoms. The van der Waals surface area contributed by atoms with Crippen LogP contribution >= 0.6 is 0 Å². The summed E-state index contributed by atoms with van der Waals surface area (Å²) >= 11 is 0. The standard InChI is InChI=1S/C58H86N6O12/c1-10-41-31-38(7)58(62-53(41)70)29-28-37(6)49(76-58)33-47(67)35(4)19-13-11-14-20-36(5)48-24-16-12-15-23-46(66)40(9)52(69)43(27-26-39(8)65)54(71)61-51(34(2)3)55(72)60-45(32-42-21-17-25-50(68)59-42)56(73)64-30-18-22-44(63-64)57(74)75-48/h11-12,14-17,20-21,23,25,28-29,34-35,37-38,40-41,43-49,51-52,63,66-67,69H,10,13,18-19,22,24,26-27,30-33H2,1-9H3,(H,59,68)(H,60,72)(H,61,71)(H,62,70)/b14-11-,16-12+,23-15+,36-20+/t35-,37+,38-,40-,41-,43+,44?,45-,46-,47-,48-,49+,51-,52+,58-/m0/s1. The first-order valence-electron chi connectivity index (χ1n) is 27.5. The number of amides is 4. The van der Waals surface area contributed by atoms with E-state index in [1.807, 2.05) is 45.1 Å². The maximum absolute atomic E-state index is 14.5. The summed E-state index contributed by atoms with van der Waals surface area (Å²) in [7, 11) is 0. The van der Waals surface area contributed by atoms with Gasteiger partial charge in [0.1, 0.15) is 30.0 Å². The smallest absolute Gasteiger partial charge is 0.325 e. The van der Waals surface area contributed by atoms with Crippen molar-refractivity contribution >= 4 is 35.4 Å². The van der Waals surface area contributed by atoms with Crippen LogP contribution in [0.15, 0.2) is 83.3 Å². The van der Waals surface area contributed by atoms with Gasteiger partial charge in [-0.05, 0) is 88.3 Å². The SMILES string of the molecule is CC[C@H]1C[C@H](C)[C@@]2(C=C[C@@H](C)[C@@H](C[C@H](O)[C@@H](C)CC/C=C\C=C(/C)[C@@H]3C/C=C/C=C/[C@H](O)[C@H](C)[C@@H](O)[C@@H](CCC(C)=O)C(=O)N[C@@H](C(C)C)C(=O)N[C@@H](Cc4cccc(=O)[nH]4)C(=O)N4CCCC(N4)C(=O)O3)O2)NC1=O. The monoisotopic (exact) mass is 1060 g/mol. The zero-order chi connectivity index (χ0) is 55.9. The molecule has 4 amide bonds. The number of aromatic amines is 1. The number of pyridine rings is 1. The predicted molar refractivity (Wildman–Crippen MR) is 288 cm³/mol. The molecule has 4 aliphatic rings. The van der Waals surface area contributed by atoms with Gasteiger partial charge in [0, 0.05) is 67.7 Å². The minimum absolute atomic E-state index is 0.00133. The summed E-state index contributed by atoms with van der Waals surface area (Å²) in [5.41, 5.74) is 2.80. The Bertz CT molecular complexity index is 2380. The van der Waals surface area contributed by atoms with Crippen LogP contribution in [0.25, 0.3) is 0 Å². The van der Waals surface area contributed by atoms with Gasteiger partial charge in [0.2, 0.25) is 23.3 Å². The molecule has 2 saturated heterocycles. The van der Waals surface area contributed by atoms with Crippen molar-refractivity contribution in [1.29, 1.82) is 0 Å². The first kappa shape index (κ1) is 61.3. The molecule has 0 aromatic carbocycles. The van der Waals surface area contributed by atoms with Gasteiger partial charge >= 0.3 is 5.97 Å². The number of aromatic nitrogens is 1. The Labute approximate surface area is 448 Å². The first-order valence-corrected chi connectivity index (χ1v) is 27.5. The number of hydrogen-bond acceptors (Lipinski definition) is 13. The number of esters is 1. The van der Waals surface area contributed by atoms with Crippen LogP contribution in [-0.4, -0.2) is 122 Å². The van der Waals surface area contributed by atoms with Gasteiger partial charge in [-0.25, -0.2) is 5.43 Å². The Balaban J connectivity index is 1.34. The summed E-state index contributed by atoms with van der Waals surface area (Å²) in [4.78, 5) is 96.8. The van der Waals surface area contributed by atoms with Crippen molar-refractivity contribution in [3.05, 3.63) is 94.5 Å². The normalized spacial score (nSPS) is 33.4. The largest absolute Gasteiger partial charge is 0.456 e. The number of allylic oxidation sites excluding steroid dienone is 5. The number of Topliss-reactive ketones (excluding diaryl/α,β-unsaturated/α-hetero) is 1. The van der Waals surface area contributed by atoms with Crippen molar-refractivity contribution in [3.8, 4) is 0 Å². The average molecular weight is 1060 g/mol. The van der Waals surface area contributed by atoms with Gasteiger partial charge in [0.05, 0.1) is 30.3 Å². The van der Waals surface area contributed by atoms with Gasteiger partial charge in [0.25, 0.3) is 5.91 Å². The molecule has 76 heavy (non-hydrogen) atoms. The molecule has 1 spiro atoms. The van der Waals surface area contributed by atoms with Crippen molar-refractivity contribution in [2.75, 3.05) is 6.54 Å². The van der Waals surface area contributed by atoms with Crippen molar-refractivity contribution in [2.24, 2.45) is 41.4 Å². The molecule has 2 fully saturated rings. The van der Waals surface area contributed by atoms with E-state index in [1.54, 1.807) is 45.1 Å². The van der Waals surface area contributed by atoms with E-state index in [9.17, 15) is 48.9 Å². The van der Waals surface area contributed by atoms with Crippen LogP contribution in [0.1, 0.15) is 132 Å². The average Bonchev–Trinajstić information content (AvgIpc) is 3.38. The number of fused-ring (bicyclic) bond motifs is 2. The van der Waals surface area contributed by atoms with E-state index in [-0.39, 0.29) is 73.7 Å². The number of piperidine rings is 1. The second-order valence-corrected chi connectivity index (χ2v) is 22.1. The number of H-pyrrole nitrogens is 1. The van der Waals surface area contributed by atoms with E-state index in [0.717, 1.165) is 18.4 Å². The van der Waals surface area contributed by atoms with E-state index >= 15 is 0 Å². The Morgan fingerprint density at radius 1 is 0.974 bits per heavy atom. The molecule has 1 aromatic rings. The van der Waals surface area contributed by atoms with Gasteiger partial charge in [-0.15, -0.1) is 0 Å². The van der Waals surface area contributed by atoms with Crippen molar-refractivity contribution in [2.45, 2.75) is 187 Å². The highest BCUT2D eigenvalue weighted by atomic mass is 16.5. The number of nitrogens with one attached hydrogen (secondary N) is 5. The van der Waals surface area contributed by atoms with Gasteiger partial charge < -0.3 is 50.5 Å². The van der Waals surface area contributed by atoms with E-state index in [0.29, 0.717) is 37.8 Å². The lowest BCUT2D eigenvalue weighted by molar-refractivity contribution is -0.174. The Morgan fingerprint density at radius 2 is 1.72 bits per heavy atom. The third kappa shape index (κ3) is 17.0. The molecular weight excluding hydrogens is 973 g/mol. The molecular formula is C58H86N6O12. The molecule has 2 bridgehead atoms. The van der Waals surface area contributed by atoms with Crippen molar-refractivity contribution < 1.29 is 53.6 Å². The lowest BCUT2D eigenvalue weighted by Gasteiger charge is -2.48.